The lowest BCUT2D eigenvalue weighted by atomic mass is 10.1. The number of hydrogen-bond donors (Lipinski definition) is 1. The average molecular weight is 416 g/mol. The highest BCUT2D eigenvalue weighted by Gasteiger charge is 2.18. The summed E-state index contributed by atoms with van der Waals surface area (Å²) in [5.74, 6) is -0.512. The van der Waals surface area contributed by atoms with Gasteiger partial charge < -0.3 is 15.0 Å². The standard InChI is InChI=1S/C21H18F2N2O3S/c1-25(12-14-6-8-16(9-7-14)28-21(22)23)20(27)17-4-2-3-5-18(17)24-19(26)15-10-11-29-13-15/h2-11,13,21H,12H2,1H3,(H,24,26). The van der Waals surface area contributed by atoms with Crippen LogP contribution in [-0.2, 0) is 6.54 Å². The molecule has 0 aliphatic heterocycles. The largest absolute Gasteiger partial charge is 0.435 e. The van der Waals surface area contributed by atoms with E-state index < -0.39 is 6.61 Å². The number of para-hydroxylation sites is 1. The Morgan fingerprint density at radius 3 is 2.48 bits per heavy atom. The second kappa shape index (κ2) is 9.29. The van der Waals surface area contributed by atoms with Crippen molar-refractivity contribution in [2.45, 2.75) is 13.2 Å². The number of benzene rings is 2. The molecule has 2 amide bonds. The van der Waals surface area contributed by atoms with Crippen molar-refractivity contribution >= 4 is 28.8 Å². The first kappa shape index (κ1) is 20.5. The summed E-state index contributed by atoms with van der Waals surface area (Å²) >= 11 is 1.41. The van der Waals surface area contributed by atoms with E-state index >= 15 is 0 Å². The molecule has 3 aromatic rings. The van der Waals surface area contributed by atoms with Gasteiger partial charge >= 0.3 is 6.61 Å². The van der Waals surface area contributed by atoms with E-state index in [1.54, 1.807) is 60.3 Å². The van der Waals surface area contributed by atoms with Gasteiger partial charge in [-0.25, -0.2) is 0 Å². The molecular weight excluding hydrogens is 398 g/mol. The number of carbonyl (C=O) groups excluding carboxylic acids is 2. The van der Waals surface area contributed by atoms with Crippen LogP contribution in [0.15, 0.2) is 65.4 Å². The van der Waals surface area contributed by atoms with Gasteiger partial charge in [-0.3, -0.25) is 9.59 Å². The van der Waals surface area contributed by atoms with Gasteiger partial charge in [0.05, 0.1) is 16.8 Å². The van der Waals surface area contributed by atoms with Gasteiger partial charge in [0.2, 0.25) is 0 Å². The molecule has 29 heavy (non-hydrogen) atoms. The number of anilines is 1. The van der Waals surface area contributed by atoms with Gasteiger partial charge in [-0.2, -0.15) is 20.1 Å². The Kier molecular flexibility index (Phi) is 6.56. The zero-order valence-electron chi connectivity index (χ0n) is 15.5. The molecule has 5 nitrogen and oxygen atoms in total. The van der Waals surface area contributed by atoms with Gasteiger partial charge in [-0.1, -0.05) is 24.3 Å². The monoisotopic (exact) mass is 416 g/mol. The second-order valence-electron chi connectivity index (χ2n) is 6.20. The van der Waals surface area contributed by atoms with Crippen LogP contribution in [-0.4, -0.2) is 30.4 Å². The van der Waals surface area contributed by atoms with Crippen molar-refractivity contribution < 1.29 is 23.1 Å². The normalized spacial score (nSPS) is 10.6. The summed E-state index contributed by atoms with van der Waals surface area (Å²) in [7, 11) is 1.63. The first-order valence-corrected chi connectivity index (χ1v) is 9.60. The van der Waals surface area contributed by atoms with Crippen LogP contribution in [0.5, 0.6) is 5.75 Å². The number of thiophene rings is 1. The molecule has 1 aromatic heterocycles. The lowest BCUT2D eigenvalue weighted by Crippen LogP contribution is -2.27. The summed E-state index contributed by atoms with van der Waals surface area (Å²) in [4.78, 5) is 26.7. The third kappa shape index (κ3) is 5.39. The van der Waals surface area contributed by atoms with Crippen LogP contribution < -0.4 is 10.1 Å². The maximum Gasteiger partial charge on any atom is 0.387 e. The van der Waals surface area contributed by atoms with Gasteiger partial charge in [0, 0.05) is 19.0 Å². The van der Waals surface area contributed by atoms with E-state index in [1.807, 2.05) is 0 Å². The average Bonchev–Trinajstić information content (AvgIpc) is 3.24. The minimum atomic E-state index is -2.88. The topological polar surface area (TPSA) is 58.6 Å². The molecule has 0 spiro atoms. The number of alkyl halides is 2. The first-order chi connectivity index (χ1) is 13.9. The molecular formula is C21H18F2N2O3S. The summed E-state index contributed by atoms with van der Waals surface area (Å²) in [6.07, 6.45) is 0. The first-order valence-electron chi connectivity index (χ1n) is 8.66. The van der Waals surface area contributed by atoms with Gasteiger partial charge in [0.15, 0.2) is 0 Å². The molecule has 1 N–H and O–H groups in total. The number of hydrogen-bond acceptors (Lipinski definition) is 4. The second-order valence-corrected chi connectivity index (χ2v) is 6.98. The summed E-state index contributed by atoms with van der Waals surface area (Å²) < 4.78 is 28.8. The predicted octanol–water partition coefficient (Wildman–Crippen LogP) is 4.87. The molecule has 0 saturated carbocycles. The Bertz CT molecular complexity index is 976. The molecule has 3 rings (SSSR count). The Hall–Kier alpha value is -3.26. The van der Waals surface area contributed by atoms with Crippen LogP contribution in [0.4, 0.5) is 14.5 Å². The van der Waals surface area contributed by atoms with Gasteiger partial charge in [-0.15, -0.1) is 0 Å². The number of nitrogens with one attached hydrogen (secondary N) is 1. The molecule has 0 fully saturated rings. The van der Waals surface area contributed by atoms with Crippen LogP contribution in [0.1, 0.15) is 26.3 Å². The maximum atomic E-state index is 12.9. The van der Waals surface area contributed by atoms with Crippen molar-refractivity contribution in [1.29, 1.82) is 0 Å². The van der Waals surface area contributed by atoms with Crippen LogP contribution >= 0.6 is 11.3 Å². The summed E-state index contributed by atoms with van der Waals surface area (Å²) in [6.45, 7) is -2.62. The number of amides is 2. The minimum Gasteiger partial charge on any atom is -0.435 e. The van der Waals surface area contributed by atoms with E-state index in [2.05, 4.69) is 10.1 Å². The van der Waals surface area contributed by atoms with Crippen LogP contribution in [0.25, 0.3) is 0 Å². The van der Waals surface area contributed by atoms with E-state index in [4.69, 9.17) is 0 Å². The lowest BCUT2D eigenvalue weighted by Gasteiger charge is -2.19. The minimum absolute atomic E-state index is 0.0548. The van der Waals surface area contributed by atoms with E-state index in [9.17, 15) is 18.4 Å². The molecule has 0 bridgehead atoms. The van der Waals surface area contributed by atoms with Crippen molar-refractivity contribution in [3.8, 4) is 5.75 Å². The van der Waals surface area contributed by atoms with E-state index in [0.717, 1.165) is 5.56 Å². The Morgan fingerprint density at radius 2 is 1.83 bits per heavy atom. The number of halogens is 2. The third-order valence-electron chi connectivity index (χ3n) is 4.10. The summed E-state index contributed by atoms with van der Waals surface area (Å²) in [5, 5.41) is 6.30. The van der Waals surface area contributed by atoms with Gasteiger partial charge in [-0.05, 0) is 41.3 Å². The molecule has 0 aliphatic carbocycles. The fraction of sp³-hybridized carbons (Fsp3) is 0.143. The molecule has 2 aromatic carbocycles. The molecule has 0 atom stereocenters. The van der Waals surface area contributed by atoms with Crippen molar-refractivity contribution in [3.63, 3.8) is 0 Å². The van der Waals surface area contributed by atoms with Crippen molar-refractivity contribution in [3.05, 3.63) is 82.0 Å². The highest BCUT2D eigenvalue weighted by atomic mass is 32.1. The molecule has 1 heterocycles. The summed E-state index contributed by atoms with van der Waals surface area (Å²) in [5.41, 5.74) is 2.05. The molecule has 0 saturated heterocycles. The number of rotatable bonds is 7. The quantitative estimate of drug-likeness (QED) is 0.598. The molecule has 0 unspecified atom stereocenters. The van der Waals surface area contributed by atoms with Gasteiger partial charge in [0.25, 0.3) is 11.8 Å². The Morgan fingerprint density at radius 1 is 1.10 bits per heavy atom. The van der Waals surface area contributed by atoms with Crippen molar-refractivity contribution in [2.24, 2.45) is 0 Å². The number of ether oxygens (including phenoxy) is 1. The van der Waals surface area contributed by atoms with Crippen LogP contribution in [0, 0.1) is 0 Å². The zero-order valence-corrected chi connectivity index (χ0v) is 16.3. The van der Waals surface area contributed by atoms with Gasteiger partial charge in [0.1, 0.15) is 5.75 Å². The molecule has 0 aliphatic rings. The fourth-order valence-corrected chi connectivity index (χ4v) is 3.33. The highest BCUT2D eigenvalue weighted by Crippen LogP contribution is 2.21. The van der Waals surface area contributed by atoms with Crippen molar-refractivity contribution in [2.75, 3.05) is 12.4 Å². The molecule has 0 radical (unpaired) electrons. The van der Waals surface area contributed by atoms with Crippen molar-refractivity contribution in [1.82, 2.24) is 4.90 Å². The SMILES string of the molecule is CN(Cc1ccc(OC(F)F)cc1)C(=O)c1ccccc1NC(=O)c1ccsc1. The lowest BCUT2D eigenvalue weighted by molar-refractivity contribution is -0.0498. The highest BCUT2D eigenvalue weighted by molar-refractivity contribution is 7.08. The van der Waals surface area contributed by atoms with Crippen LogP contribution in [0.3, 0.4) is 0 Å². The number of carbonyl (C=O) groups is 2. The van der Waals surface area contributed by atoms with E-state index in [-0.39, 0.29) is 24.1 Å². The number of nitrogens with zero attached hydrogens (tertiary/aromatic N) is 1. The zero-order chi connectivity index (χ0) is 20.8. The van der Waals surface area contributed by atoms with E-state index in [0.29, 0.717) is 16.8 Å². The van der Waals surface area contributed by atoms with Crippen LogP contribution in [0.2, 0.25) is 0 Å². The molecule has 8 heteroatoms. The Labute approximate surface area is 170 Å². The predicted molar refractivity (Wildman–Crippen MR) is 108 cm³/mol. The fourth-order valence-electron chi connectivity index (χ4n) is 2.69. The van der Waals surface area contributed by atoms with E-state index in [1.165, 1.54) is 28.4 Å². The third-order valence-corrected chi connectivity index (χ3v) is 4.79. The molecule has 150 valence electrons. The smallest absolute Gasteiger partial charge is 0.387 e. The summed E-state index contributed by atoms with van der Waals surface area (Å²) in [6, 6.07) is 14.6. The maximum absolute atomic E-state index is 12.9. The Balaban J connectivity index is 1.70.